The first-order chi connectivity index (χ1) is 13.8. The number of nitrogen functional groups attached to an aromatic ring is 1. The van der Waals surface area contributed by atoms with Crippen molar-refractivity contribution in [3.8, 4) is 22.4 Å². The molecule has 0 aliphatic carbocycles. The van der Waals surface area contributed by atoms with Gasteiger partial charge in [-0.3, -0.25) is 4.98 Å². The van der Waals surface area contributed by atoms with Crippen molar-refractivity contribution in [1.82, 2.24) is 4.98 Å². The van der Waals surface area contributed by atoms with Crippen LogP contribution in [0.1, 0.15) is 0 Å². The number of fused-ring (bicyclic) bond motifs is 2. The van der Waals surface area contributed by atoms with E-state index in [4.69, 9.17) is 10.7 Å². The number of nitrogens with two attached hydrogens (primary N) is 1. The maximum Gasteiger partial charge on any atom is 0.0792 e. The minimum Gasteiger partial charge on any atom is -0.398 e. The summed E-state index contributed by atoms with van der Waals surface area (Å²) >= 11 is 3.80. The van der Waals surface area contributed by atoms with E-state index in [1.54, 1.807) is 0 Å². The summed E-state index contributed by atoms with van der Waals surface area (Å²) in [7, 11) is 0. The smallest absolute Gasteiger partial charge is 0.0792 e. The summed E-state index contributed by atoms with van der Waals surface area (Å²) in [5, 5.41) is 4.42. The Labute approximate surface area is 171 Å². The fraction of sp³-hybridized carbons (Fsp3) is 0. The molecule has 0 atom stereocenters. The third-order valence-corrected chi connectivity index (χ3v) is 5.97. The Bertz CT molecular complexity index is 1330. The van der Waals surface area contributed by atoms with Crippen molar-refractivity contribution >= 4 is 43.2 Å². The minimum atomic E-state index is 0.758. The van der Waals surface area contributed by atoms with Gasteiger partial charge in [-0.1, -0.05) is 72.8 Å². The molecule has 0 saturated carbocycles. The predicted molar refractivity (Wildman–Crippen MR) is 122 cm³/mol. The lowest BCUT2D eigenvalue weighted by molar-refractivity contribution is 1.34. The van der Waals surface area contributed by atoms with Crippen molar-refractivity contribution in [3.05, 3.63) is 95.6 Å². The molecule has 0 spiro atoms. The Hall–Kier alpha value is -3.17. The molecular formula is C25H17BrN2. The second-order valence-electron chi connectivity index (χ2n) is 6.77. The quantitative estimate of drug-likeness (QED) is 0.243. The van der Waals surface area contributed by atoms with E-state index in [1.807, 2.05) is 30.5 Å². The van der Waals surface area contributed by atoms with Crippen LogP contribution in [0.5, 0.6) is 0 Å². The highest BCUT2D eigenvalue weighted by Crippen LogP contribution is 2.45. The van der Waals surface area contributed by atoms with E-state index in [1.165, 1.54) is 0 Å². The van der Waals surface area contributed by atoms with Crippen LogP contribution in [0.25, 0.3) is 43.9 Å². The number of hydrogen-bond acceptors (Lipinski definition) is 2. The summed E-state index contributed by atoms with van der Waals surface area (Å²) in [4.78, 5) is 4.83. The van der Waals surface area contributed by atoms with Gasteiger partial charge in [0.25, 0.3) is 0 Å². The second-order valence-corrected chi connectivity index (χ2v) is 7.56. The summed E-state index contributed by atoms with van der Waals surface area (Å²) in [6, 6.07) is 29.0. The lowest BCUT2D eigenvalue weighted by atomic mass is 9.90. The molecule has 0 amide bonds. The number of anilines is 1. The highest BCUT2D eigenvalue weighted by molar-refractivity contribution is 9.10. The van der Waals surface area contributed by atoms with Gasteiger partial charge in [0.15, 0.2) is 0 Å². The van der Waals surface area contributed by atoms with E-state index in [0.717, 1.165) is 54.1 Å². The molecule has 5 rings (SSSR count). The van der Waals surface area contributed by atoms with Gasteiger partial charge in [-0.2, -0.15) is 0 Å². The van der Waals surface area contributed by atoms with Crippen LogP contribution in [0.2, 0.25) is 0 Å². The molecule has 28 heavy (non-hydrogen) atoms. The standard InChI is InChI=1S/C25H17BrN2/c26-24-19-11-5-4-10-18(19)22(20-12-6-14-21(27)23(20)24)25-17(13-7-15-28-25)16-8-2-1-3-9-16/h1-15H,27H2. The van der Waals surface area contributed by atoms with Crippen molar-refractivity contribution in [2.75, 3.05) is 5.73 Å². The largest absolute Gasteiger partial charge is 0.398 e. The number of rotatable bonds is 2. The molecule has 2 N–H and O–H groups in total. The molecule has 0 radical (unpaired) electrons. The van der Waals surface area contributed by atoms with Crippen molar-refractivity contribution in [3.63, 3.8) is 0 Å². The third kappa shape index (κ3) is 2.59. The zero-order valence-electron chi connectivity index (χ0n) is 15.1. The van der Waals surface area contributed by atoms with Crippen LogP contribution in [0.4, 0.5) is 5.69 Å². The Morgan fingerprint density at radius 2 is 1.39 bits per heavy atom. The summed E-state index contributed by atoms with van der Waals surface area (Å²) in [5.41, 5.74) is 11.5. The van der Waals surface area contributed by atoms with Crippen LogP contribution in [0.3, 0.4) is 0 Å². The summed E-state index contributed by atoms with van der Waals surface area (Å²) in [6.07, 6.45) is 1.86. The number of nitrogens with zero attached hydrogens (tertiary/aromatic N) is 1. The van der Waals surface area contributed by atoms with Gasteiger partial charge >= 0.3 is 0 Å². The minimum absolute atomic E-state index is 0.758. The average Bonchev–Trinajstić information content (AvgIpc) is 2.75. The highest BCUT2D eigenvalue weighted by Gasteiger charge is 2.18. The predicted octanol–water partition coefficient (Wildman–Crippen LogP) is 7.07. The molecule has 2 nitrogen and oxygen atoms in total. The summed E-state index contributed by atoms with van der Waals surface area (Å²) in [5.74, 6) is 0. The Balaban J connectivity index is 1.99. The van der Waals surface area contributed by atoms with Crippen molar-refractivity contribution in [2.45, 2.75) is 0 Å². The Morgan fingerprint density at radius 3 is 2.21 bits per heavy atom. The van der Waals surface area contributed by atoms with E-state index in [-0.39, 0.29) is 0 Å². The number of benzene rings is 4. The summed E-state index contributed by atoms with van der Waals surface area (Å²) in [6.45, 7) is 0. The molecule has 5 aromatic rings. The van der Waals surface area contributed by atoms with Gasteiger partial charge in [-0.15, -0.1) is 0 Å². The molecule has 1 aromatic heterocycles. The average molecular weight is 425 g/mol. The van der Waals surface area contributed by atoms with Crippen molar-refractivity contribution in [2.24, 2.45) is 0 Å². The normalized spacial score (nSPS) is 11.2. The lowest BCUT2D eigenvalue weighted by Crippen LogP contribution is -1.95. The van der Waals surface area contributed by atoms with E-state index in [9.17, 15) is 0 Å². The molecule has 0 aliphatic heterocycles. The Morgan fingerprint density at radius 1 is 0.679 bits per heavy atom. The SMILES string of the molecule is Nc1cccc2c(-c3ncccc3-c3ccccc3)c3ccccc3c(Br)c12. The monoisotopic (exact) mass is 424 g/mol. The topological polar surface area (TPSA) is 38.9 Å². The van der Waals surface area contributed by atoms with Gasteiger partial charge in [-0.25, -0.2) is 0 Å². The van der Waals surface area contributed by atoms with Gasteiger partial charge in [0.05, 0.1) is 5.69 Å². The fourth-order valence-electron chi connectivity index (χ4n) is 3.91. The molecule has 134 valence electrons. The maximum absolute atomic E-state index is 6.39. The van der Waals surface area contributed by atoms with Crippen LogP contribution in [-0.2, 0) is 0 Å². The van der Waals surface area contributed by atoms with Gasteiger partial charge < -0.3 is 5.73 Å². The number of halogens is 1. The molecule has 0 saturated heterocycles. The molecular weight excluding hydrogens is 408 g/mol. The second kappa shape index (κ2) is 6.77. The van der Waals surface area contributed by atoms with Gasteiger partial charge in [-0.05, 0) is 49.8 Å². The van der Waals surface area contributed by atoms with E-state index >= 15 is 0 Å². The Kier molecular flexibility index (Phi) is 4.10. The molecule has 0 fully saturated rings. The van der Waals surface area contributed by atoms with E-state index in [2.05, 4.69) is 76.6 Å². The molecule has 0 aliphatic rings. The van der Waals surface area contributed by atoms with Crippen LogP contribution in [0.15, 0.2) is 95.6 Å². The van der Waals surface area contributed by atoms with E-state index < -0.39 is 0 Å². The zero-order chi connectivity index (χ0) is 19.1. The number of pyridine rings is 1. The first-order valence-corrected chi connectivity index (χ1v) is 9.94. The van der Waals surface area contributed by atoms with E-state index in [0.29, 0.717) is 0 Å². The van der Waals surface area contributed by atoms with Gasteiger partial charge in [0, 0.05) is 32.9 Å². The van der Waals surface area contributed by atoms with Gasteiger partial charge in [0.1, 0.15) is 0 Å². The van der Waals surface area contributed by atoms with Gasteiger partial charge in [0.2, 0.25) is 0 Å². The summed E-state index contributed by atoms with van der Waals surface area (Å²) < 4.78 is 1.03. The molecule has 3 heteroatoms. The van der Waals surface area contributed by atoms with Crippen LogP contribution in [-0.4, -0.2) is 4.98 Å². The number of aromatic nitrogens is 1. The molecule has 0 unspecified atom stereocenters. The fourth-order valence-corrected chi connectivity index (χ4v) is 4.69. The zero-order valence-corrected chi connectivity index (χ0v) is 16.6. The lowest BCUT2D eigenvalue weighted by Gasteiger charge is -2.17. The van der Waals surface area contributed by atoms with Crippen molar-refractivity contribution < 1.29 is 0 Å². The van der Waals surface area contributed by atoms with Crippen LogP contribution in [0, 0.1) is 0 Å². The molecule has 4 aromatic carbocycles. The number of hydrogen-bond donors (Lipinski definition) is 1. The van der Waals surface area contributed by atoms with Crippen LogP contribution < -0.4 is 5.73 Å². The van der Waals surface area contributed by atoms with Crippen molar-refractivity contribution in [1.29, 1.82) is 0 Å². The first-order valence-electron chi connectivity index (χ1n) is 9.15. The molecule has 1 heterocycles. The molecule has 0 bridgehead atoms. The first kappa shape index (κ1) is 17.0. The third-order valence-electron chi connectivity index (χ3n) is 5.15. The van der Waals surface area contributed by atoms with Crippen LogP contribution >= 0.6 is 15.9 Å². The maximum atomic E-state index is 6.39. The highest BCUT2D eigenvalue weighted by atomic mass is 79.9.